The lowest BCUT2D eigenvalue weighted by atomic mass is 9.84. The SMILES string of the molecule is C[C@H](NC1CCOC2(CCOCC2)C1)c1cccnc1. The molecule has 0 saturated carbocycles. The Morgan fingerprint density at radius 1 is 1.35 bits per heavy atom. The van der Waals surface area contributed by atoms with E-state index in [4.69, 9.17) is 9.47 Å². The van der Waals surface area contributed by atoms with Gasteiger partial charge in [0.25, 0.3) is 0 Å². The van der Waals surface area contributed by atoms with E-state index in [2.05, 4.69) is 23.3 Å². The van der Waals surface area contributed by atoms with Crippen LogP contribution in [0.1, 0.15) is 44.2 Å². The third-order valence-corrected chi connectivity index (χ3v) is 4.57. The standard InChI is InChI=1S/C16H24N2O2/c1-13(14-3-2-7-17-12-14)18-15-4-8-20-16(11-15)5-9-19-10-6-16/h2-3,7,12-13,15,18H,4-6,8-11H2,1H3/t13-,15?/m0/s1. The van der Waals surface area contributed by atoms with E-state index < -0.39 is 0 Å². The molecule has 0 amide bonds. The van der Waals surface area contributed by atoms with Crippen LogP contribution in [0.4, 0.5) is 0 Å². The summed E-state index contributed by atoms with van der Waals surface area (Å²) in [6, 6.07) is 4.99. The van der Waals surface area contributed by atoms with E-state index in [9.17, 15) is 0 Å². The van der Waals surface area contributed by atoms with Gasteiger partial charge in [-0.15, -0.1) is 0 Å². The maximum atomic E-state index is 6.09. The van der Waals surface area contributed by atoms with Crippen molar-refractivity contribution in [2.75, 3.05) is 19.8 Å². The second kappa shape index (κ2) is 6.20. The molecular weight excluding hydrogens is 252 g/mol. The van der Waals surface area contributed by atoms with E-state index in [-0.39, 0.29) is 5.60 Å². The summed E-state index contributed by atoms with van der Waals surface area (Å²) in [5, 5.41) is 3.75. The van der Waals surface area contributed by atoms with E-state index in [1.165, 1.54) is 5.56 Å². The van der Waals surface area contributed by atoms with Crippen LogP contribution in [0.5, 0.6) is 0 Å². The predicted octanol–water partition coefficient (Wildman–Crippen LogP) is 2.46. The number of hydrogen-bond acceptors (Lipinski definition) is 4. The second-order valence-corrected chi connectivity index (χ2v) is 6.01. The highest BCUT2D eigenvalue weighted by atomic mass is 16.5. The average Bonchev–Trinajstić information content (AvgIpc) is 2.49. The van der Waals surface area contributed by atoms with E-state index >= 15 is 0 Å². The first-order valence-corrected chi connectivity index (χ1v) is 7.65. The topological polar surface area (TPSA) is 43.4 Å². The van der Waals surface area contributed by atoms with Gasteiger partial charge in [0.1, 0.15) is 0 Å². The van der Waals surface area contributed by atoms with Gasteiger partial charge in [-0.3, -0.25) is 4.98 Å². The molecule has 2 fully saturated rings. The molecule has 110 valence electrons. The molecule has 2 saturated heterocycles. The van der Waals surface area contributed by atoms with Gasteiger partial charge in [0.05, 0.1) is 5.60 Å². The Kier molecular flexibility index (Phi) is 4.34. The molecule has 0 aliphatic carbocycles. The molecule has 3 rings (SSSR count). The highest BCUT2D eigenvalue weighted by Gasteiger charge is 2.39. The fourth-order valence-corrected chi connectivity index (χ4v) is 3.34. The van der Waals surface area contributed by atoms with Crippen LogP contribution in [-0.2, 0) is 9.47 Å². The van der Waals surface area contributed by atoms with Gasteiger partial charge in [-0.2, -0.15) is 0 Å². The second-order valence-electron chi connectivity index (χ2n) is 6.01. The molecule has 1 spiro atoms. The normalized spacial score (nSPS) is 27.4. The van der Waals surface area contributed by atoms with Crippen molar-refractivity contribution in [3.05, 3.63) is 30.1 Å². The molecule has 1 aromatic rings. The third-order valence-electron chi connectivity index (χ3n) is 4.57. The molecule has 1 aromatic heterocycles. The van der Waals surface area contributed by atoms with Crippen molar-refractivity contribution in [3.8, 4) is 0 Å². The highest BCUT2D eigenvalue weighted by molar-refractivity contribution is 5.13. The maximum absolute atomic E-state index is 6.09. The summed E-state index contributed by atoms with van der Waals surface area (Å²) in [5.41, 5.74) is 1.31. The molecule has 4 nitrogen and oxygen atoms in total. The number of rotatable bonds is 3. The molecule has 20 heavy (non-hydrogen) atoms. The molecule has 4 heteroatoms. The minimum absolute atomic E-state index is 0.0584. The molecular formula is C16H24N2O2. The van der Waals surface area contributed by atoms with Gasteiger partial charge in [-0.1, -0.05) is 6.07 Å². The van der Waals surface area contributed by atoms with Crippen LogP contribution in [0.3, 0.4) is 0 Å². The van der Waals surface area contributed by atoms with Crippen LogP contribution >= 0.6 is 0 Å². The van der Waals surface area contributed by atoms with E-state index in [0.717, 1.165) is 45.5 Å². The zero-order chi connectivity index (χ0) is 13.8. The molecule has 1 unspecified atom stereocenters. The molecule has 2 aliphatic heterocycles. The first-order valence-electron chi connectivity index (χ1n) is 7.65. The lowest BCUT2D eigenvalue weighted by molar-refractivity contribution is -0.140. The number of hydrogen-bond donors (Lipinski definition) is 1. The van der Waals surface area contributed by atoms with Crippen LogP contribution < -0.4 is 5.32 Å². The van der Waals surface area contributed by atoms with E-state index in [1.54, 1.807) is 0 Å². The maximum Gasteiger partial charge on any atom is 0.0741 e. The average molecular weight is 276 g/mol. The Hall–Kier alpha value is -0.970. The molecule has 2 aliphatic rings. The van der Waals surface area contributed by atoms with Crippen molar-refractivity contribution in [1.29, 1.82) is 0 Å². The van der Waals surface area contributed by atoms with Gasteiger partial charge in [-0.05, 0) is 44.2 Å². The smallest absolute Gasteiger partial charge is 0.0741 e. The van der Waals surface area contributed by atoms with Crippen LogP contribution in [0.15, 0.2) is 24.5 Å². The van der Waals surface area contributed by atoms with Gasteiger partial charge in [0.2, 0.25) is 0 Å². The molecule has 2 atom stereocenters. The lowest BCUT2D eigenvalue weighted by Gasteiger charge is -2.44. The number of nitrogens with one attached hydrogen (secondary N) is 1. The summed E-state index contributed by atoms with van der Waals surface area (Å²) in [4.78, 5) is 4.20. The Balaban J connectivity index is 1.60. The summed E-state index contributed by atoms with van der Waals surface area (Å²) in [6.45, 7) is 4.75. The van der Waals surface area contributed by atoms with Crippen molar-refractivity contribution in [1.82, 2.24) is 10.3 Å². The van der Waals surface area contributed by atoms with Gasteiger partial charge >= 0.3 is 0 Å². The fourth-order valence-electron chi connectivity index (χ4n) is 3.34. The van der Waals surface area contributed by atoms with Crippen molar-refractivity contribution < 1.29 is 9.47 Å². The Morgan fingerprint density at radius 3 is 2.95 bits per heavy atom. The summed E-state index contributed by atoms with van der Waals surface area (Å²) in [6.07, 6.45) is 8.02. The largest absolute Gasteiger partial charge is 0.381 e. The van der Waals surface area contributed by atoms with Gasteiger partial charge in [-0.25, -0.2) is 0 Å². The first-order chi connectivity index (χ1) is 9.77. The number of nitrogens with zero attached hydrogens (tertiary/aromatic N) is 1. The third kappa shape index (κ3) is 3.19. The van der Waals surface area contributed by atoms with Gasteiger partial charge in [0, 0.05) is 44.3 Å². The molecule has 0 aromatic carbocycles. The zero-order valence-electron chi connectivity index (χ0n) is 12.2. The molecule has 1 N–H and O–H groups in total. The summed E-state index contributed by atoms with van der Waals surface area (Å²) >= 11 is 0. The molecule has 3 heterocycles. The van der Waals surface area contributed by atoms with Crippen LogP contribution in [0.2, 0.25) is 0 Å². The molecule has 0 radical (unpaired) electrons. The summed E-state index contributed by atoms with van der Waals surface area (Å²) < 4.78 is 11.6. The van der Waals surface area contributed by atoms with Crippen LogP contribution in [-0.4, -0.2) is 36.4 Å². The molecule has 0 bridgehead atoms. The van der Waals surface area contributed by atoms with Gasteiger partial charge in [0.15, 0.2) is 0 Å². The number of pyridine rings is 1. The summed E-state index contributed by atoms with van der Waals surface area (Å²) in [7, 11) is 0. The lowest BCUT2D eigenvalue weighted by Crippen LogP contribution is -2.50. The minimum Gasteiger partial charge on any atom is -0.381 e. The minimum atomic E-state index is 0.0584. The number of aromatic nitrogens is 1. The van der Waals surface area contributed by atoms with Gasteiger partial charge < -0.3 is 14.8 Å². The van der Waals surface area contributed by atoms with Crippen LogP contribution in [0, 0.1) is 0 Å². The zero-order valence-corrected chi connectivity index (χ0v) is 12.2. The number of ether oxygens (including phenoxy) is 2. The van der Waals surface area contributed by atoms with Crippen molar-refractivity contribution in [3.63, 3.8) is 0 Å². The Bertz CT molecular complexity index is 412. The van der Waals surface area contributed by atoms with E-state index in [1.807, 2.05) is 18.5 Å². The Labute approximate surface area is 120 Å². The predicted molar refractivity (Wildman–Crippen MR) is 77.5 cm³/mol. The van der Waals surface area contributed by atoms with Crippen LogP contribution in [0.25, 0.3) is 0 Å². The summed E-state index contributed by atoms with van der Waals surface area (Å²) in [5.74, 6) is 0. The quantitative estimate of drug-likeness (QED) is 0.921. The highest BCUT2D eigenvalue weighted by Crippen LogP contribution is 2.34. The van der Waals surface area contributed by atoms with Crippen molar-refractivity contribution in [2.24, 2.45) is 0 Å². The Morgan fingerprint density at radius 2 is 2.20 bits per heavy atom. The van der Waals surface area contributed by atoms with Crippen molar-refractivity contribution in [2.45, 2.75) is 50.3 Å². The van der Waals surface area contributed by atoms with E-state index in [0.29, 0.717) is 12.1 Å². The first kappa shape index (κ1) is 14.0. The fraction of sp³-hybridized carbons (Fsp3) is 0.688. The monoisotopic (exact) mass is 276 g/mol. The van der Waals surface area contributed by atoms with Crippen molar-refractivity contribution >= 4 is 0 Å².